The van der Waals surface area contributed by atoms with Crippen molar-refractivity contribution < 1.29 is 24.5 Å². The first-order valence-corrected chi connectivity index (χ1v) is 10.4. The molecule has 7 nitrogen and oxygen atoms in total. The van der Waals surface area contributed by atoms with Gasteiger partial charge in [0.05, 0.1) is 17.3 Å². The average molecular weight is 445 g/mol. The van der Waals surface area contributed by atoms with Gasteiger partial charge < -0.3 is 19.7 Å². The third kappa shape index (κ3) is 5.44. The molecule has 8 heteroatoms. The molecule has 0 saturated carbocycles. The molecule has 3 rings (SSSR count). The number of para-hydroxylation sites is 1. The summed E-state index contributed by atoms with van der Waals surface area (Å²) in [6, 6.07) is 12.8. The number of carbonyl (C=O) groups excluding carboxylic acids is 1. The van der Waals surface area contributed by atoms with Gasteiger partial charge >= 0.3 is 11.9 Å². The molecule has 1 heterocycles. The zero-order valence-electron chi connectivity index (χ0n) is 17.4. The summed E-state index contributed by atoms with van der Waals surface area (Å²) < 4.78 is 11.2. The fourth-order valence-electron chi connectivity index (χ4n) is 2.93. The van der Waals surface area contributed by atoms with E-state index in [2.05, 4.69) is 4.99 Å². The van der Waals surface area contributed by atoms with Crippen molar-refractivity contribution in [2.75, 3.05) is 24.7 Å². The van der Waals surface area contributed by atoms with Crippen LogP contribution in [-0.4, -0.2) is 48.0 Å². The number of rotatable bonds is 8. The first kappa shape index (κ1) is 22.8. The van der Waals surface area contributed by atoms with E-state index in [0.29, 0.717) is 22.9 Å². The molecule has 1 atom stereocenters. The van der Waals surface area contributed by atoms with Crippen molar-refractivity contribution in [1.82, 2.24) is 0 Å². The summed E-state index contributed by atoms with van der Waals surface area (Å²) in [6.45, 7) is 3.98. The number of aliphatic imine (C=N–C) groups is 1. The third-order valence-corrected chi connectivity index (χ3v) is 4.82. The number of aryl methyl sites for hydroxylation is 1. The standard InChI is InChI=1S/C23H25ClN2O5/c1-3-10-25-23-26(19-7-5-4-6-15(19)2)22(29)21(31-23)12-16-8-9-20(18(24)11-16)30-14-17(28)13-27/h4-9,11-12,17,27-28H,3,10,13-14H2,1-2H3/b21-12+,25-23-/t17-/m1/s1. The van der Waals surface area contributed by atoms with Crippen molar-refractivity contribution in [1.29, 1.82) is 0 Å². The van der Waals surface area contributed by atoms with Gasteiger partial charge in [0.2, 0.25) is 0 Å². The van der Waals surface area contributed by atoms with E-state index in [-0.39, 0.29) is 24.3 Å². The Labute approximate surface area is 186 Å². The van der Waals surface area contributed by atoms with Crippen LogP contribution in [0.3, 0.4) is 0 Å². The Morgan fingerprint density at radius 3 is 2.74 bits per heavy atom. The van der Waals surface area contributed by atoms with Crippen LogP contribution in [0, 0.1) is 6.92 Å². The summed E-state index contributed by atoms with van der Waals surface area (Å²) in [4.78, 5) is 19.1. The molecule has 0 radical (unpaired) electrons. The Bertz CT molecular complexity index is 1010. The predicted molar refractivity (Wildman–Crippen MR) is 120 cm³/mol. The normalized spacial score (nSPS) is 17.3. The summed E-state index contributed by atoms with van der Waals surface area (Å²) in [5, 5.41) is 18.6. The Balaban J connectivity index is 1.88. The molecule has 0 aliphatic carbocycles. The zero-order chi connectivity index (χ0) is 22.4. The van der Waals surface area contributed by atoms with Gasteiger partial charge in [0.1, 0.15) is 18.5 Å². The van der Waals surface area contributed by atoms with Gasteiger partial charge in [0.15, 0.2) is 5.76 Å². The van der Waals surface area contributed by atoms with Crippen molar-refractivity contribution in [2.45, 2.75) is 26.4 Å². The molecule has 0 bridgehead atoms. The highest BCUT2D eigenvalue weighted by Gasteiger charge is 2.36. The second kappa shape index (κ2) is 10.4. The van der Waals surface area contributed by atoms with Crippen molar-refractivity contribution in [3.63, 3.8) is 0 Å². The number of nitrogens with zero attached hydrogens (tertiary/aromatic N) is 2. The van der Waals surface area contributed by atoms with Gasteiger partial charge in [-0.1, -0.05) is 42.8 Å². The Hall–Kier alpha value is -2.87. The van der Waals surface area contributed by atoms with Crippen LogP contribution in [0.15, 0.2) is 53.2 Å². The highest BCUT2D eigenvalue weighted by atomic mass is 35.5. The molecular formula is C23H25ClN2O5. The minimum absolute atomic E-state index is 0.0824. The second-order valence-electron chi connectivity index (χ2n) is 7.04. The van der Waals surface area contributed by atoms with Gasteiger partial charge in [-0.3, -0.25) is 4.79 Å². The fraction of sp³-hybridized carbons (Fsp3) is 0.304. The average Bonchev–Trinajstić information content (AvgIpc) is 3.06. The molecule has 1 amide bonds. The molecule has 2 aromatic rings. The Morgan fingerprint density at radius 2 is 2.06 bits per heavy atom. The van der Waals surface area contributed by atoms with E-state index >= 15 is 0 Å². The van der Waals surface area contributed by atoms with Crippen LogP contribution in [0.2, 0.25) is 5.02 Å². The van der Waals surface area contributed by atoms with Gasteiger partial charge in [-0.05, 0) is 48.7 Å². The maximum absolute atomic E-state index is 13.1. The predicted octanol–water partition coefficient (Wildman–Crippen LogP) is 3.55. The number of hydrogen-bond acceptors (Lipinski definition) is 6. The van der Waals surface area contributed by atoms with Crippen LogP contribution in [0.4, 0.5) is 5.69 Å². The third-order valence-electron chi connectivity index (χ3n) is 4.53. The number of benzene rings is 2. The van der Waals surface area contributed by atoms with Gasteiger partial charge in [-0.15, -0.1) is 0 Å². The second-order valence-corrected chi connectivity index (χ2v) is 7.45. The first-order valence-electron chi connectivity index (χ1n) is 10.00. The van der Waals surface area contributed by atoms with Crippen LogP contribution in [-0.2, 0) is 9.53 Å². The van der Waals surface area contributed by atoms with E-state index in [1.54, 1.807) is 24.3 Å². The highest BCUT2D eigenvalue weighted by Crippen LogP contribution is 2.31. The quantitative estimate of drug-likeness (QED) is 0.607. The monoisotopic (exact) mass is 444 g/mol. The van der Waals surface area contributed by atoms with Crippen LogP contribution in [0.25, 0.3) is 6.08 Å². The molecular weight excluding hydrogens is 420 g/mol. The lowest BCUT2D eigenvalue weighted by Crippen LogP contribution is -2.30. The zero-order valence-corrected chi connectivity index (χ0v) is 18.2. The van der Waals surface area contributed by atoms with Crippen LogP contribution >= 0.6 is 11.6 Å². The number of amides is 1. The SMILES string of the molecule is CCC/N=C1\O/C(=C/c2ccc(OC[C@H](O)CO)c(Cl)c2)C(=O)N1c1ccccc1C. The van der Waals surface area contributed by atoms with Gasteiger partial charge in [-0.25, -0.2) is 9.89 Å². The van der Waals surface area contributed by atoms with Gasteiger partial charge in [-0.2, -0.15) is 0 Å². The largest absolute Gasteiger partial charge is 0.489 e. The lowest BCUT2D eigenvalue weighted by Gasteiger charge is -2.15. The molecule has 164 valence electrons. The van der Waals surface area contributed by atoms with Crippen molar-refractivity contribution >= 4 is 35.3 Å². The van der Waals surface area contributed by atoms with E-state index in [1.807, 2.05) is 38.1 Å². The number of ether oxygens (including phenoxy) is 2. The van der Waals surface area contributed by atoms with Crippen LogP contribution in [0.1, 0.15) is 24.5 Å². The molecule has 0 unspecified atom stereocenters. The van der Waals surface area contributed by atoms with E-state index in [4.69, 9.17) is 26.2 Å². The minimum atomic E-state index is -0.990. The van der Waals surface area contributed by atoms with E-state index in [0.717, 1.165) is 17.7 Å². The number of carbonyl (C=O) groups is 1. The molecule has 1 aliphatic heterocycles. The first-order chi connectivity index (χ1) is 14.9. The number of anilines is 1. The fourth-order valence-corrected chi connectivity index (χ4v) is 3.17. The van der Waals surface area contributed by atoms with Crippen LogP contribution < -0.4 is 9.64 Å². The molecule has 0 spiro atoms. The molecule has 31 heavy (non-hydrogen) atoms. The summed E-state index contributed by atoms with van der Waals surface area (Å²) >= 11 is 6.26. The number of aliphatic hydroxyl groups is 2. The van der Waals surface area contributed by atoms with Crippen molar-refractivity contribution in [3.8, 4) is 5.75 Å². The smallest absolute Gasteiger partial charge is 0.305 e. The van der Waals surface area contributed by atoms with Gasteiger partial charge in [0.25, 0.3) is 0 Å². The lowest BCUT2D eigenvalue weighted by atomic mass is 10.1. The number of amidine groups is 1. The molecule has 1 fully saturated rings. The number of halogens is 1. The number of aliphatic hydroxyl groups excluding tert-OH is 2. The summed E-state index contributed by atoms with van der Waals surface area (Å²) in [6.07, 6.45) is 1.43. The molecule has 1 saturated heterocycles. The summed E-state index contributed by atoms with van der Waals surface area (Å²) in [5.41, 5.74) is 2.29. The molecule has 1 aliphatic rings. The highest BCUT2D eigenvalue weighted by molar-refractivity contribution is 6.32. The lowest BCUT2D eigenvalue weighted by molar-refractivity contribution is -0.114. The minimum Gasteiger partial charge on any atom is -0.489 e. The maximum Gasteiger partial charge on any atom is 0.305 e. The van der Waals surface area contributed by atoms with E-state index < -0.39 is 12.7 Å². The summed E-state index contributed by atoms with van der Waals surface area (Å²) in [7, 11) is 0. The maximum atomic E-state index is 13.1. The summed E-state index contributed by atoms with van der Waals surface area (Å²) in [5.74, 6) is 0.187. The van der Waals surface area contributed by atoms with Crippen LogP contribution in [0.5, 0.6) is 5.75 Å². The Morgan fingerprint density at radius 1 is 1.29 bits per heavy atom. The number of hydrogen-bond donors (Lipinski definition) is 2. The molecule has 2 aromatic carbocycles. The van der Waals surface area contributed by atoms with Crippen molar-refractivity contribution in [3.05, 3.63) is 64.4 Å². The van der Waals surface area contributed by atoms with E-state index in [1.165, 1.54) is 4.90 Å². The molecule has 2 N–H and O–H groups in total. The Kier molecular flexibility index (Phi) is 7.68. The van der Waals surface area contributed by atoms with Gasteiger partial charge in [0, 0.05) is 6.54 Å². The van der Waals surface area contributed by atoms with Crippen molar-refractivity contribution in [2.24, 2.45) is 4.99 Å². The topological polar surface area (TPSA) is 91.6 Å². The molecule has 0 aromatic heterocycles. The van der Waals surface area contributed by atoms with E-state index in [9.17, 15) is 9.90 Å².